The smallest absolute Gasteiger partial charge is 0.319 e. The number of nitrogens with zero attached hydrogens (tertiary/aromatic N) is 3. The lowest BCUT2D eigenvalue weighted by Crippen LogP contribution is -2.53. The fraction of sp³-hybridized carbons (Fsp3) is 0.500. The van der Waals surface area contributed by atoms with Crippen molar-refractivity contribution in [3.05, 3.63) is 29.8 Å². The number of benzene rings is 1. The number of hydrogen-bond acceptors (Lipinski definition) is 3. The maximum Gasteiger partial charge on any atom is 0.319 e. The minimum atomic E-state index is -0.0415. The number of aryl methyl sites for hydroxylation is 1. The van der Waals surface area contributed by atoms with Crippen molar-refractivity contribution in [1.29, 1.82) is 0 Å². The van der Waals surface area contributed by atoms with Gasteiger partial charge in [0.05, 0.1) is 0 Å². The molecule has 6 nitrogen and oxygen atoms in total. The van der Waals surface area contributed by atoms with Crippen molar-refractivity contribution in [2.45, 2.75) is 6.92 Å². The first-order valence-corrected chi connectivity index (χ1v) is 7.41. The van der Waals surface area contributed by atoms with E-state index in [9.17, 15) is 9.59 Å². The van der Waals surface area contributed by atoms with Crippen molar-refractivity contribution < 1.29 is 14.3 Å². The molecule has 1 saturated heterocycles. The number of para-hydroxylation sites is 1. The molecule has 1 aliphatic rings. The van der Waals surface area contributed by atoms with E-state index in [2.05, 4.69) is 0 Å². The quantitative estimate of drug-likeness (QED) is 0.843. The molecular formula is C16H23N3O3. The van der Waals surface area contributed by atoms with Gasteiger partial charge in [-0.05, 0) is 18.6 Å². The summed E-state index contributed by atoms with van der Waals surface area (Å²) in [4.78, 5) is 29.1. The second kappa shape index (κ2) is 7.15. The molecule has 0 saturated carbocycles. The maximum atomic E-state index is 12.2. The van der Waals surface area contributed by atoms with E-state index in [0.717, 1.165) is 11.3 Å². The van der Waals surface area contributed by atoms with Crippen LogP contribution in [-0.2, 0) is 4.79 Å². The second-order valence-electron chi connectivity index (χ2n) is 5.60. The summed E-state index contributed by atoms with van der Waals surface area (Å²) in [6.07, 6.45) is 0. The van der Waals surface area contributed by atoms with Crippen molar-refractivity contribution in [3.8, 4) is 5.75 Å². The first kappa shape index (κ1) is 16.1. The largest absolute Gasteiger partial charge is 0.484 e. The molecule has 120 valence electrons. The Labute approximate surface area is 131 Å². The standard InChI is InChI=1S/C16H23N3O3/c1-13-6-4-5-7-14(13)22-12-15(20)18-8-10-19(11-9-18)16(21)17(2)3/h4-7H,8-12H2,1-3H3. The minimum absolute atomic E-state index is 0.0109. The van der Waals surface area contributed by atoms with Crippen LogP contribution < -0.4 is 4.74 Å². The van der Waals surface area contributed by atoms with Gasteiger partial charge in [-0.15, -0.1) is 0 Å². The highest BCUT2D eigenvalue weighted by Gasteiger charge is 2.25. The average Bonchev–Trinajstić information content (AvgIpc) is 2.53. The van der Waals surface area contributed by atoms with Gasteiger partial charge in [-0.25, -0.2) is 4.79 Å². The fourth-order valence-corrected chi connectivity index (χ4v) is 2.38. The van der Waals surface area contributed by atoms with Crippen LogP contribution in [0.3, 0.4) is 0 Å². The van der Waals surface area contributed by atoms with Crippen LogP contribution in [0.2, 0.25) is 0 Å². The Bertz CT molecular complexity index is 537. The first-order chi connectivity index (χ1) is 10.5. The predicted octanol–water partition coefficient (Wildman–Crippen LogP) is 1.20. The number of carbonyl (C=O) groups excluding carboxylic acids is 2. The zero-order valence-electron chi connectivity index (χ0n) is 13.4. The summed E-state index contributed by atoms with van der Waals surface area (Å²) in [5.41, 5.74) is 1.01. The van der Waals surface area contributed by atoms with Gasteiger partial charge in [0.1, 0.15) is 5.75 Å². The molecule has 1 aromatic rings. The third-order valence-corrected chi connectivity index (χ3v) is 3.73. The van der Waals surface area contributed by atoms with E-state index in [-0.39, 0.29) is 18.5 Å². The second-order valence-corrected chi connectivity index (χ2v) is 5.60. The van der Waals surface area contributed by atoms with Gasteiger partial charge in [-0.1, -0.05) is 18.2 Å². The number of rotatable bonds is 3. The van der Waals surface area contributed by atoms with Crippen LogP contribution in [0, 0.1) is 6.92 Å². The van der Waals surface area contributed by atoms with Crippen LogP contribution in [0.15, 0.2) is 24.3 Å². The lowest BCUT2D eigenvalue weighted by Gasteiger charge is -2.35. The van der Waals surface area contributed by atoms with Crippen molar-refractivity contribution >= 4 is 11.9 Å². The van der Waals surface area contributed by atoms with Gasteiger partial charge in [-0.3, -0.25) is 4.79 Å². The maximum absolute atomic E-state index is 12.2. The van der Waals surface area contributed by atoms with E-state index in [0.29, 0.717) is 26.2 Å². The number of carbonyl (C=O) groups is 2. The molecule has 0 radical (unpaired) electrons. The van der Waals surface area contributed by atoms with Crippen LogP contribution in [0.1, 0.15) is 5.56 Å². The molecule has 1 aromatic carbocycles. The van der Waals surface area contributed by atoms with Crippen LogP contribution in [0.5, 0.6) is 5.75 Å². The Hall–Kier alpha value is -2.24. The monoisotopic (exact) mass is 305 g/mol. The summed E-state index contributed by atoms with van der Waals surface area (Å²) < 4.78 is 5.58. The van der Waals surface area contributed by atoms with Crippen LogP contribution in [-0.4, -0.2) is 73.5 Å². The third kappa shape index (κ3) is 3.90. The summed E-state index contributed by atoms with van der Waals surface area (Å²) in [6.45, 7) is 4.21. The summed E-state index contributed by atoms with van der Waals surface area (Å²) in [5, 5.41) is 0. The molecule has 1 fully saturated rings. The van der Waals surface area contributed by atoms with Crippen molar-refractivity contribution in [2.24, 2.45) is 0 Å². The number of amides is 3. The summed E-state index contributed by atoms with van der Waals surface area (Å²) in [7, 11) is 3.46. The highest BCUT2D eigenvalue weighted by Crippen LogP contribution is 2.16. The molecule has 0 N–H and O–H groups in total. The lowest BCUT2D eigenvalue weighted by molar-refractivity contribution is -0.134. The molecule has 1 aliphatic heterocycles. The van der Waals surface area contributed by atoms with E-state index in [1.807, 2.05) is 31.2 Å². The molecule has 22 heavy (non-hydrogen) atoms. The molecule has 0 aromatic heterocycles. The molecule has 0 unspecified atom stereocenters. The molecule has 2 rings (SSSR count). The Morgan fingerprint density at radius 1 is 1.09 bits per heavy atom. The molecule has 6 heteroatoms. The first-order valence-electron chi connectivity index (χ1n) is 7.41. The molecule has 0 aliphatic carbocycles. The molecule has 1 heterocycles. The molecular weight excluding hydrogens is 282 g/mol. The number of ether oxygens (including phenoxy) is 1. The summed E-state index contributed by atoms with van der Waals surface area (Å²) >= 11 is 0. The number of piperazine rings is 1. The van der Waals surface area contributed by atoms with Crippen molar-refractivity contribution in [2.75, 3.05) is 46.9 Å². The molecule has 0 spiro atoms. The van der Waals surface area contributed by atoms with E-state index in [1.54, 1.807) is 28.8 Å². The zero-order valence-corrected chi connectivity index (χ0v) is 13.4. The van der Waals surface area contributed by atoms with Crippen molar-refractivity contribution in [3.63, 3.8) is 0 Å². The van der Waals surface area contributed by atoms with E-state index < -0.39 is 0 Å². The number of hydrogen-bond donors (Lipinski definition) is 0. The molecule has 0 atom stereocenters. The Balaban J connectivity index is 1.80. The predicted molar refractivity (Wildman–Crippen MR) is 83.9 cm³/mol. The Morgan fingerprint density at radius 3 is 2.27 bits per heavy atom. The highest BCUT2D eigenvalue weighted by atomic mass is 16.5. The van der Waals surface area contributed by atoms with Gasteiger partial charge in [0, 0.05) is 40.3 Å². The Morgan fingerprint density at radius 2 is 1.68 bits per heavy atom. The van der Waals surface area contributed by atoms with E-state index in [4.69, 9.17) is 4.74 Å². The van der Waals surface area contributed by atoms with Crippen molar-refractivity contribution in [1.82, 2.24) is 14.7 Å². The fourth-order valence-electron chi connectivity index (χ4n) is 2.38. The summed E-state index contributed by atoms with van der Waals surface area (Å²) in [6, 6.07) is 7.62. The van der Waals surface area contributed by atoms with Gasteiger partial charge in [0.25, 0.3) is 5.91 Å². The van der Waals surface area contributed by atoms with Gasteiger partial charge in [0.2, 0.25) is 0 Å². The topological polar surface area (TPSA) is 53.1 Å². The van der Waals surface area contributed by atoms with Crippen LogP contribution in [0.25, 0.3) is 0 Å². The van der Waals surface area contributed by atoms with Crippen LogP contribution in [0.4, 0.5) is 4.79 Å². The summed E-state index contributed by atoms with van der Waals surface area (Å²) in [5.74, 6) is 0.692. The van der Waals surface area contributed by atoms with Gasteiger partial charge >= 0.3 is 6.03 Å². The van der Waals surface area contributed by atoms with Gasteiger partial charge < -0.3 is 19.4 Å². The van der Waals surface area contributed by atoms with E-state index >= 15 is 0 Å². The van der Waals surface area contributed by atoms with Crippen LogP contribution >= 0.6 is 0 Å². The lowest BCUT2D eigenvalue weighted by atomic mass is 10.2. The number of urea groups is 1. The molecule has 3 amide bonds. The third-order valence-electron chi connectivity index (χ3n) is 3.73. The Kier molecular flexibility index (Phi) is 5.25. The average molecular weight is 305 g/mol. The van der Waals surface area contributed by atoms with E-state index in [1.165, 1.54) is 0 Å². The molecule has 0 bridgehead atoms. The highest BCUT2D eigenvalue weighted by molar-refractivity contribution is 5.78. The normalized spacial score (nSPS) is 14.7. The van der Waals surface area contributed by atoms with Gasteiger partial charge in [0.15, 0.2) is 6.61 Å². The zero-order chi connectivity index (χ0) is 16.1. The minimum Gasteiger partial charge on any atom is -0.484 e. The van der Waals surface area contributed by atoms with Gasteiger partial charge in [-0.2, -0.15) is 0 Å². The SMILES string of the molecule is Cc1ccccc1OCC(=O)N1CCN(C(=O)N(C)C)CC1.